The second-order valence-electron chi connectivity index (χ2n) is 6.27. The van der Waals surface area contributed by atoms with Crippen molar-refractivity contribution in [3.63, 3.8) is 0 Å². The summed E-state index contributed by atoms with van der Waals surface area (Å²) in [5, 5.41) is 24.8. The first kappa shape index (κ1) is 21.4. The maximum absolute atomic E-state index is 11.5. The Bertz CT molecular complexity index is 1130. The second-order valence-corrected chi connectivity index (χ2v) is 7.79. The molecule has 3 aromatic rings. The molecule has 9 heteroatoms. The number of halogens is 1. The summed E-state index contributed by atoms with van der Waals surface area (Å²) in [7, 11) is 0. The summed E-state index contributed by atoms with van der Waals surface area (Å²) in [6.07, 6.45) is 1.42. The molecule has 0 amide bonds. The summed E-state index contributed by atoms with van der Waals surface area (Å²) in [5.41, 5.74) is 4.68. The van der Waals surface area contributed by atoms with Crippen LogP contribution in [-0.2, 0) is 0 Å². The van der Waals surface area contributed by atoms with E-state index in [0.29, 0.717) is 16.1 Å². The van der Waals surface area contributed by atoms with Crippen LogP contribution in [0.25, 0.3) is 0 Å². The molecule has 0 heterocycles. The van der Waals surface area contributed by atoms with E-state index in [2.05, 4.69) is 10.5 Å². The van der Waals surface area contributed by atoms with Crippen molar-refractivity contribution in [1.82, 2.24) is 0 Å². The van der Waals surface area contributed by atoms with Crippen molar-refractivity contribution in [2.45, 2.75) is 16.7 Å². The molecule has 0 saturated heterocycles. The van der Waals surface area contributed by atoms with Crippen LogP contribution in [0.4, 0.5) is 11.4 Å². The second kappa shape index (κ2) is 9.43. The number of rotatable bonds is 7. The van der Waals surface area contributed by atoms with Crippen LogP contribution in [-0.4, -0.2) is 22.2 Å². The third-order valence-corrected chi connectivity index (χ3v) is 5.44. The largest absolute Gasteiger partial charge is 0.478 e. The zero-order valence-electron chi connectivity index (χ0n) is 15.7. The van der Waals surface area contributed by atoms with Crippen LogP contribution >= 0.6 is 23.4 Å². The van der Waals surface area contributed by atoms with Gasteiger partial charge in [-0.05, 0) is 43.3 Å². The number of aromatic carboxylic acids is 1. The predicted octanol–water partition coefficient (Wildman–Crippen LogP) is 5.85. The number of hydrogen-bond acceptors (Lipinski definition) is 6. The highest BCUT2D eigenvalue weighted by Gasteiger charge is 2.15. The van der Waals surface area contributed by atoms with Gasteiger partial charge in [-0.2, -0.15) is 5.10 Å². The zero-order valence-corrected chi connectivity index (χ0v) is 17.3. The fourth-order valence-corrected chi connectivity index (χ4v) is 3.62. The predicted molar refractivity (Wildman–Crippen MR) is 118 cm³/mol. The summed E-state index contributed by atoms with van der Waals surface area (Å²) in [5.74, 6) is -1.15. The van der Waals surface area contributed by atoms with Gasteiger partial charge >= 0.3 is 5.97 Å². The molecule has 0 bridgehead atoms. The number of nitro groups is 1. The molecule has 0 aromatic heterocycles. The van der Waals surface area contributed by atoms with Crippen LogP contribution in [0.1, 0.15) is 21.5 Å². The molecule has 3 rings (SSSR count). The first-order valence-corrected chi connectivity index (χ1v) is 9.88. The van der Waals surface area contributed by atoms with Crippen molar-refractivity contribution in [1.29, 1.82) is 0 Å². The molecular formula is C21H16ClN3O4S. The Kier molecular flexibility index (Phi) is 6.71. The molecule has 0 radical (unpaired) electrons. The number of hydrazone groups is 1. The van der Waals surface area contributed by atoms with Crippen molar-refractivity contribution in [3.8, 4) is 0 Å². The lowest BCUT2D eigenvalue weighted by atomic mass is 10.2. The lowest BCUT2D eigenvalue weighted by Crippen LogP contribution is -1.99. The van der Waals surface area contributed by atoms with Crippen LogP contribution in [0.15, 0.2) is 75.6 Å². The van der Waals surface area contributed by atoms with Crippen LogP contribution < -0.4 is 5.43 Å². The molecule has 0 aliphatic rings. The molecule has 2 N–H and O–H groups in total. The molecule has 0 unspecified atom stereocenters. The van der Waals surface area contributed by atoms with Gasteiger partial charge in [0.1, 0.15) is 0 Å². The molecule has 30 heavy (non-hydrogen) atoms. The molecule has 0 atom stereocenters. The molecular weight excluding hydrogens is 426 g/mol. The molecule has 0 spiro atoms. The van der Waals surface area contributed by atoms with Gasteiger partial charge in [0.15, 0.2) is 0 Å². The Balaban J connectivity index is 1.77. The fraction of sp³-hybridized carbons (Fsp3) is 0.0476. The highest BCUT2D eigenvalue weighted by atomic mass is 35.5. The lowest BCUT2D eigenvalue weighted by molar-refractivity contribution is -0.387. The SMILES string of the molecule is Cc1ccc(Sc2ccc(C=NNc3ccc(Cl)c(C(=O)O)c3)cc2[N+](=O)[O-])cc1. The standard InChI is InChI=1S/C21H16ClN3O4S/c1-13-2-6-16(7-3-13)30-20-9-4-14(10-19(20)25(28)29)12-23-24-15-5-8-18(22)17(11-15)21(26)27/h2-12,24H,1H3,(H,26,27). The number of aryl methyl sites for hydroxylation is 1. The van der Waals surface area contributed by atoms with E-state index in [1.807, 2.05) is 31.2 Å². The molecule has 152 valence electrons. The van der Waals surface area contributed by atoms with E-state index in [1.165, 1.54) is 36.2 Å². The minimum absolute atomic E-state index is 0.0239. The number of anilines is 1. The Hall–Kier alpha value is -3.36. The first-order chi connectivity index (χ1) is 14.3. The van der Waals surface area contributed by atoms with Gasteiger partial charge in [0.05, 0.1) is 32.3 Å². The Morgan fingerprint density at radius 1 is 1.17 bits per heavy atom. The van der Waals surface area contributed by atoms with Gasteiger partial charge in [-0.3, -0.25) is 15.5 Å². The topological polar surface area (TPSA) is 105 Å². The van der Waals surface area contributed by atoms with E-state index in [1.54, 1.807) is 18.2 Å². The molecule has 0 fully saturated rings. The number of benzene rings is 3. The number of carboxylic acid groups (broad SMARTS) is 1. The van der Waals surface area contributed by atoms with Crippen LogP contribution in [0.2, 0.25) is 5.02 Å². The molecule has 3 aromatic carbocycles. The van der Waals surface area contributed by atoms with Gasteiger partial charge in [-0.15, -0.1) is 0 Å². The van der Waals surface area contributed by atoms with Gasteiger partial charge < -0.3 is 5.11 Å². The summed E-state index contributed by atoms with van der Waals surface area (Å²) in [6.45, 7) is 1.98. The maximum atomic E-state index is 11.5. The first-order valence-electron chi connectivity index (χ1n) is 8.68. The van der Waals surface area contributed by atoms with E-state index in [-0.39, 0.29) is 16.3 Å². The number of hydrogen-bond donors (Lipinski definition) is 2. The zero-order chi connectivity index (χ0) is 21.7. The van der Waals surface area contributed by atoms with Crippen molar-refractivity contribution in [2.75, 3.05) is 5.43 Å². The van der Waals surface area contributed by atoms with Crippen molar-refractivity contribution >= 4 is 46.9 Å². The van der Waals surface area contributed by atoms with Gasteiger partial charge in [0.25, 0.3) is 5.69 Å². The molecule has 0 aliphatic carbocycles. The summed E-state index contributed by atoms with van der Waals surface area (Å²) in [6, 6.07) is 17.0. The van der Waals surface area contributed by atoms with E-state index in [0.717, 1.165) is 10.5 Å². The van der Waals surface area contributed by atoms with Crippen molar-refractivity contribution in [3.05, 3.63) is 92.5 Å². The number of carboxylic acids is 1. The van der Waals surface area contributed by atoms with Crippen LogP contribution in [0, 0.1) is 17.0 Å². The third kappa shape index (κ3) is 5.37. The average Bonchev–Trinajstić information content (AvgIpc) is 2.71. The Labute approximate surface area is 181 Å². The highest BCUT2D eigenvalue weighted by Crippen LogP contribution is 2.35. The minimum atomic E-state index is -1.15. The lowest BCUT2D eigenvalue weighted by Gasteiger charge is -2.05. The Morgan fingerprint density at radius 3 is 2.57 bits per heavy atom. The van der Waals surface area contributed by atoms with E-state index < -0.39 is 10.9 Å². The fourth-order valence-electron chi connectivity index (χ4n) is 2.52. The summed E-state index contributed by atoms with van der Waals surface area (Å²) in [4.78, 5) is 23.6. The number of nitro benzene ring substituents is 1. The van der Waals surface area contributed by atoms with Gasteiger partial charge in [0, 0.05) is 16.5 Å². The van der Waals surface area contributed by atoms with E-state index >= 15 is 0 Å². The quantitative estimate of drug-likeness (QED) is 0.270. The maximum Gasteiger partial charge on any atom is 0.337 e. The number of nitrogens with zero attached hydrogens (tertiary/aromatic N) is 2. The molecule has 0 saturated carbocycles. The van der Waals surface area contributed by atoms with Crippen LogP contribution in [0.3, 0.4) is 0 Å². The van der Waals surface area contributed by atoms with E-state index in [9.17, 15) is 14.9 Å². The normalized spacial score (nSPS) is 10.9. The number of nitrogens with one attached hydrogen (secondary N) is 1. The summed E-state index contributed by atoms with van der Waals surface area (Å²) < 4.78 is 0. The summed E-state index contributed by atoms with van der Waals surface area (Å²) >= 11 is 7.15. The van der Waals surface area contributed by atoms with Gasteiger partial charge in [-0.1, -0.05) is 47.1 Å². The van der Waals surface area contributed by atoms with E-state index in [4.69, 9.17) is 16.7 Å². The Morgan fingerprint density at radius 2 is 1.90 bits per heavy atom. The smallest absolute Gasteiger partial charge is 0.337 e. The average molecular weight is 442 g/mol. The van der Waals surface area contributed by atoms with Gasteiger partial charge in [0.2, 0.25) is 0 Å². The van der Waals surface area contributed by atoms with Crippen LogP contribution in [0.5, 0.6) is 0 Å². The van der Waals surface area contributed by atoms with Crippen molar-refractivity contribution < 1.29 is 14.8 Å². The number of carbonyl (C=O) groups is 1. The third-order valence-electron chi connectivity index (χ3n) is 4.03. The molecule has 0 aliphatic heterocycles. The highest BCUT2D eigenvalue weighted by molar-refractivity contribution is 7.99. The van der Waals surface area contributed by atoms with Gasteiger partial charge in [-0.25, -0.2) is 4.79 Å². The minimum Gasteiger partial charge on any atom is -0.478 e. The monoisotopic (exact) mass is 441 g/mol. The van der Waals surface area contributed by atoms with Crippen molar-refractivity contribution in [2.24, 2.45) is 5.10 Å². The molecule has 7 nitrogen and oxygen atoms in total.